The van der Waals surface area contributed by atoms with Crippen LogP contribution in [-0.4, -0.2) is 14.5 Å². The third kappa shape index (κ3) is 3.33. The van der Waals surface area contributed by atoms with Crippen LogP contribution in [0, 0.1) is 0 Å². The molecule has 4 heteroatoms. The van der Waals surface area contributed by atoms with Gasteiger partial charge in [-0.25, -0.2) is 9.97 Å². The molecule has 0 fully saturated rings. The quantitative estimate of drug-likeness (QED) is 0.204. The molecule has 0 amide bonds. The molecule has 0 bridgehead atoms. The van der Waals surface area contributed by atoms with E-state index in [4.69, 9.17) is 9.97 Å². The van der Waals surface area contributed by atoms with E-state index in [0.29, 0.717) is 0 Å². The maximum absolute atomic E-state index is 5.23. The highest BCUT2D eigenvalue weighted by molar-refractivity contribution is 7.27. The highest BCUT2D eigenvalue weighted by atomic mass is 32.1. The fourth-order valence-electron chi connectivity index (χ4n) is 6.42. The van der Waals surface area contributed by atoms with Crippen LogP contribution in [0.1, 0.15) is 0 Å². The Labute approximate surface area is 246 Å². The molecule has 9 rings (SSSR count). The SMILES string of the molecule is c1ccc(-c2ncc(-n3c4ccccc4c4sc5c6ccccc6c6ccccc6c5c43)c(-c3ccccc3)n2)cc1. The predicted molar refractivity (Wildman–Crippen MR) is 178 cm³/mol. The van der Waals surface area contributed by atoms with E-state index in [0.717, 1.165) is 33.8 Å². The Morgan fingerprint density at radius 1 is 0.500 bits per heavy atom. The van der Waals surface area contributed by atoms with Gasteiger partial charge in [-0.3, -0.25) is 0 Å². The monoisotopic (exact) mass is 553 g/mol. The Hall–Kier alpha value is -5.32. The maximum Gasteiger partial charge on any atom is 0.159 e. The number of nitrogens with zero attached hydrogens (tertiary/aromatic N) is 3. The fourth-order valence-corrected chi connectivity index (χ4v) is 7.79. The molecule has 42 heavy (non-hydrogen) atoms. The van der Waals surface area contributed by atoms with Crippen molar-refractivity contribution in [1.29, 1.82) is 0 Å². The summed E-state index contributed by atoms with van der Waals surface area (Å²) in [5, 5.41) is 7.66. The second kappa shape index (κ2) is 9.10. The standard InChI is InChI=1S/C38H23N3S/c1-3-13-24(14-4-1)34-32(23-39-38(40-34)25-15-5-2-6-16-25)41-31-22-12-11-21-30(31)37-35(41)33-28-19-9-7-17-26(28)27-18-8-10-20-29(27)36(33)42-37/h1-23H. The molecule has 0 unspecified atom stereocenters. The van der Waals surface area contributed by atoms with Crippen LogP contribution in [0.3, 0.4) is 0 Å². The molecule has 9 aromatic rings. The number of rotatable bonds is 3. The molecule has 0 aliphatic rings. The zero-order valence-corrected chi connectivity index (χ0v) is 23.3. The lowest BCUT2D eigenvalue weighted by Crippen LogP contribution is -2.02. The number of aromatic nitrogens is 3. The first kappa shape index (κ1) is 23.4. The molecular weight excluding hydrogens is 531 g/mol. The minimum atomic E-state index is 0.720. The van der Waals surface area contributed by atoms with Gasteiger partial charge in [0.05, 0.1) is 33.3 Å². The first-order valence-corrected chi connectivity index (χ1v) is 14.9. The second-order valence-corrected chi connectivity index (χ2v) is 11.6. The van der Waals surface area contributed by atoms with Crippen molar-refractivity contribution in [3.05, 3.63) is 140 Å². The summed E-state index contributed by atoms with van der Waals surface area (Å²) in [5.41, 5.74) is 6.33. The van der Waals surface area contributed by atoms with Gasteiger partial charge in [-0.15, -0.1) is 11.3 Å². The Morgan fingerprint density at radius 3 is 1.81 bits per heavy atom. The molecule has 196 valence electrons. The van der Waals surface area contributed by atoms with E-state index in [-0.39, 0.29) is 0 Å². The van der Waals surface area contributed by atoms with Crippen LogP contribution in [0.4, 0.5) is 0 Å². The van der Waals surface area contributed by atoms with Gasteiger partial charge in [0.1, 0.15) is 0 Å². The number of para-hydroxylation sites is 1. The third-order valence-electron chi connectivity index (χ3n) is 8.24. The summed E-state index contributed by atoms with van der Waals surface area (Å²) in [7, 11) is 0. The molecule has 0 aliphatic carbocycles. The Balaban J connectivity index is 1.48. The van der Waals surface area contributed by atoms with Crippen LogP contribution in [0.5, 0.6) is 0 Å². The van der Waals surface area contributed by atoms with Crippen LogP contribution in [0.15, 0.2) is 140 Å². The third-order valence-corrected chi connectivity index (χ3v) is 9.49. The fraction of sp³-hybridized carbons (Fsp3) is 0. The Morgan fingerprint density at radius 2 is 1.07 bits per heavy atom. The Kier molecular flexibility index (Phi) is 5.07. The Bertz CT molecular complexity index is 2460. The van der Waals surface area contributed by atoms with Crippen molar-refractivity contribution in [2.24, 2.45) is 0 Å². The van der Waals surface area contributed by atoms with Crippen LogP contribution < -0.4 is 0 Å². The minimum Gasteiger partial charge on any atom is -0.304 e. The number of fused-ring (bicyclic) bond motifs is 10. The van der Waals surface area contributed by atoms with Crippen LogP contribution in [-0.2, 0) is 0 Å². The zero-order valence-electron chi connectivity index (χ0n) is 22.5. The van der Waals surface area contributed by atoms with Gasteiger partial charge in [0.15, 0.2) is 5.82 Å². The van der Waals surface area contributed by atoms with E-state index in [2.05, 4.69) is 120 Å². The lowest BCUT2D eigenvalue weighted by Gasteiger charge is -2.15. The average Bonchev–Trinajstić information content (AvgIpc) is 3.61. The number of hydrogen-bond donors (Lipinski definition) is 0. The van der Waals surface area contributed by atoms with Crippen molar-refractivity contribution in [2.45, 2.75) is 0 Å². The molecule has 0 saturated heterocycles. The first-order chi connectivity index (χ1) is 20.9. The molecule has 3 nitrogen and oxygen atoms in total. The van der Waals surface area contributed by atoms with Gasteiger partial charge in [-0.05, 0) is 22.2 Å². The van der Waals surface area contributed by atoms with Crippen molar-refractivity contribution >= 4 is 64.1 Å². The van der Waals surface area contributed by atoms with Gasteiger partial charge in [0.2, 0.25) is 0 Å². The van der Waals surface area contributed by atoms with E-state index >= 15 is 0 Å². The smallest absolute Gasteiger partial charge is 0.159 e. The zero-order chi connectivity index (χ0) is 27.6. The molecule has 3 aromatic heterocycles. The molecule has 0 radical (unpaired) electrons. The summed E-state index contributed by atoms with van der Waals surface area (Å²) >= 11 is 1.89. The number of benzene rings is 6. The van der Waals surface area contributed by atoms with Gasteiger partial charge in [0.25, 0.3) is 0 Å². The summed E-state index contributed by atoms with van der Waals surface area (Å²) in [6.45, 7) is 0. The van der Waals surface area contributed by atoms with E-state index in [1.165, 1.54) is 47.2 Å². The molecule has 0 aliphatic heterocycles. The van der Waals surface area contributed by atoms with Crippen LogP contribution >= 0.6 is 11.3 Å². The summed E-state index contributed by atoms with van der Waals surface area (Å²) in [4.78, 5) is 10.2. The van der Waals surface area contributed by atoms with E-state index < -0.39 is 0 Å². The van der Waals surface area contributed by atoms with Gasteiger partial charge in [0, 0.05) is 32.0 Å². The first-order valence-electron chi connectivity index (χ1n) is 14.1. The summed E-state index contributed by atoms with van der Waals surface area (Å²) in [6, 6.07) is 47.0. The summed E-state index contributed by atoms with van der Waals surface area (Å²) in [6.07, 6.45) is 2.01. The normalized spacial score (nSPS) is 11.8. The highest BCUT2D eigenvalue weighted by Gasteiger charge is 2.23. The van der Waals surface area contributed by atoms with Crippen LogP contribution in [0.25, 0.3) is 81.1 Å². The van der Waals surface area contributed by atoms with Crippen LogP contribution in [0.2, 0.25) is 0 Å². The van der Waals surface area contributed by atoms with Crippen molar-refractivity contribution in [2.75, 3.05) is 0 Å². The van der Waals surface area contributed by atoms with E-state index in [1.807, 2.05) is 35.7 Å². The molecule has 0 atom stereocenters. The topological polar surface area (TPSA) is 30.7 Å². The molecular formula is C38H23N3S. The average molecular weight is 554 g/mol. The van der Waals surface area contributed by atoms with E-state index in [9.17, 15) is 0 Å². The maximum atomic E-state index is 5.23. The van der Waals surface area contributed by atoms with Gasteiger partial charge >= 0.3 is 0 Å². The summed E-state index contributed by atoms with van der Waals surface area (Å²) in [5.74, 6) is 0.720. The molecule has 0 spiro atoms. The highest BCUT2D eigenvalue weighted by Crippen LogP contribution is 2.48. The molecule has 0 saturated carbocycles. The lowest BCUT2D eigenvalue weighted by molar-refractivity contribution is 1.09. The van der Waals surface area contributed by atoms with Crippen molar-refractivity contribution in [3.63, 3.8) is 0 Å². The number of thiophene rings is 1. The van der Waals surface area contributed by atoms with Gasteiger partial charge in [-0.1, -0.05) is 127 Å². The molecule has 3 heterocycles. The molecule has 6 aromatic carbocycles. The minimum absolute atomic E-state index is 0.720. The van der Waals surface area contributed by atoms with Crippen molar-refractivity contribution < 1.29 is 0 Å². The van der Waals surface area contributed by atoms with Gasteiger partial charge < -0.3 is 4.57 Å². The van der Waals surface area contributed by atoms with Gasteiger partial charge in [-0.2, -0.15) is 0 Å². The van der Waals surface area contributed by atoms with E-state index in [1.54, 1.807) is 0 Å². The summed E-state index contributed by atoms with van der Waals surface area (Å²) < 4.78 is 5.01. The molecule has 0 N–H and O–H groups in total. The predicted octanol–water partition coefficient (Wildman–Crippen LogP) is 10.4. The number of hydrogen-bond acceptors (Lipinski definition) is 3. The van der Waals surface area contributed by atoms with Crippen molar-refractivity contribution in [1.82, 2.24) is 14.5 Å². The lowest BCUT2D eigenvalue weighted by atomic mass is 9.98. The van der Waals surface area contributed by atoms with Crippen molar-refractivity contribution in [3.8, 4) is 28.3 Å². The largest absolute Gasteiger partial charge is 0.304 e. The second-order valence-electron chi connectivity index (χ2n) is 10.6.